The van der Waals surface area contributed by atoms with Gasteiger partial charge in [0.25, 0.3) is 0 Å². The van der Waals surface area contributed by atoms with Gasteiger partial charge in [0, 0.05) is 44.5 Å². The monoisotopic (exact) mass is 395 g/mol. The van der Waals surface area contributed by atoms with E-state index in [0.717, 1.165) is 81.5 Å². The Morgan fingerprint density at radius 3 is 2.62 bits per heavy atom. The minimum atomic E-state index is -0.326. The number of hydrogen-bond donors (Lipinski definition) is 1. The lowest BCUT2D eigenvalue weighted by molar-refractivity contribution is -0.150. The Morgan fingerprint density at radius 1 is 1.07 bits per heavy atom. The predicted molar refractivity (Wildman–Crippen MR) is 112 cm³/mol. The number of carbonyl (C=O) groups excluding carboxylic acids is 1. The average molecular weight is 396 g/mol. The van der Waals surface area contributed by atoms with Crippen molar-refractivity contribution in [2.45, 2.75) is 44.3 Å². The minimum absolute atomic E-state index is 0.00864. The lowest BCUT2D eigenvalue weighted by Crippen LogP contribution is -2.43. The summed E-state index contributed by atoms with van der Waals surface area (Å²) in [5.74, 6) is 0.985. The molecule has 2 aromatic rings. The van der Waals surface area contributed by atoms with Crippen molar-refractivity contribution in [2.24, 2.45) is 5.41 Å². The van der Waals surface area contributed by atoms with Crippen LogP contribution < -0.4 is 4.90 Å². The summed E-state index contributed by atoms with van der Waals surface area (Å²) in [6.07, 6.45) is 3.94. The van der Waals surface area contributed by atoms with E-state index in [4.69, 9.17) is 9.72 Å². The van der Waals surface area contributed by atoms with Gasteiger partial charge in [-0.05, 0) is 43.9 Å². The summed E-state index contributed by atoms with van der Waals surface area (Å²) in [4.78, 5) is 22.2. The zero-order valence-electron chi connectivity index (χ0n) is 16.8. The van der Waals surface area contributed by atoms with Crippen LogP contribution in [0.25, 0.3) is 10.9 Å². The van der Waals surface area contributed by atoms with E-state index in [1.807, 2.05) is 18.2 Å². The van der Waals surface area contributed by atoms with Crippen LogP contribution in [0.4, 0.5) is 5.82 Å². The number of pyridine rings is 1. The number of nitrogens with zero attached hydrogens (tertiary/aromatic N) is 3. The fourth-order valence-corrected chi connectivity index (χ4v) is 5.13. The lowest BCUT2D eigenvalue weighted by Gasteiger charge is -2.37. The Kier molecular flexibility index (Phi) is 4.92. The summed E-state index contributed by atoms with van der Waals surface area (Å²) in [5.41, 5.74) is 0.685. The van der Waals surface area contributed by atoms with Gasteiger partial charge in [-0.25, -0.2) is 4.98 Å². The topological polar surface area (TPSA) is 65.9 Å². The zero-order valence-corrected chi connectivity index (χ0v) is 16.8. The van der Waals surface area contributed by atoms with Gasteiger partial charge >= 0.3 is 5.97 Å². The van der Waals surface area contributed by atoms with Gasteiger partial charge < -0.3 is 14.7 Å². The largest absolute Gasteiger partial charge is 0.461 e. The van der Waals surface area contributed by atoms with E-state index in [9.17, 15) is 9.90 Å². The van der Waals surface area contributed by atoms with E-state index in [-0.39, 0.29) is 23.6 Å². The van der Waals surface area contributed by atoms with Gasteiger partial charge in [0.1, 0.15) is 11.9 Å². The van der Waals surface area contributed by atoms with Crippen LogP contribution in [0, 0.1) is 5.41 Å². The van der Waals surface area contributed by atoms with Gasteiger partial charge in [0.2, 0.25) is 0 Å². The highest BCUT2D eigenvalue weighted by molar-refractivity contribution is 5.81. The SMILES string of the molecule is O=C1OC(CN2CCC(O)CC2)CC12CCN(c1ccc3ccccc3n1)CC2. The van der Waals surface area contributed by atoms with Crippen LogP contribution in [0.15, 0.2) is 36.4 Å². The van der Waals surface area contributed by atoms with Crippen LogP contribution in [0.5, 0.6) is 0 Å². The van der Waals surface area contributed by atoms with E-state index in [0.29, 0.717) is 0 Å². The molecule has 6 nitrogen and oxygen atoms in total. The molecule has 1 spiro atoms. The molecule has 1 atom stereocenters. The Bertz CT molecular complexity index is 886. The van der Waals surface area contributed by atoms with Crippen molar-refractivity contribution < 1.29 is 14.6 Å². The van der Waals surface area contributed by atoms with Crippen molar-refractivity contribution in [3.63, 3.8) is 0 Å². The molecule has 3 fully saturated rings. The number of rotatable bonds is 3. The van der Waals surface area contributed by atoms with Crippen LogP contribution in [0.3, 0.4) is 0 Å². The summed E-state index contributed by atoms with van der Waals surface area (Å²) >= 11 is 0. The molecule has 1 aromatic carbocycles. The van der Waals surface area contributed by atoms with Crippen molar-refractivity contribution >= 4 is 22.7 Å². The molecule has 154 valence electrons. The standard InChI is InChI=1S/C23H29N3O3/c27-18-7-11-25(12-8-18)16-19-15-23(22(28)29-19)9-13-26(14-10-23)21-6-5-17-3-1-2-4-20(17)24-21/h1-6,18-19,27H,7-16H2. The first-order valence-corrected chi connectivity index (χ1v) is 10.8. The first-order valence-electron chi connectivity index (χ1n) is 10.8. The Hall–Kier alpha value is -2.18. The van der Waals surface area contributed by atoms with Crippen LogP contribution in [-0.4, -0.2) is 65.9 Å². The molecule has 29 heavy (non-hydrogen) atoms. The molecule has 0 amide bonds. The van der Waals surface area contributed by atoms with Gasteiger partial charge in [0.15, 0.2) is 0 Å². The predicted octanol–water partition coefficient (Wildman–Crippen LogP) is 2.59. The number of aliphatic hydroxyl groups is 1. The van der Waals surface area contributed by atoms with Crippen molar-refractivity contribution in [1.29, 1.82) is 0 Å². The molecule has 1 N–H and O–H groups in total. The molecule has 0 radical (unpaired) electrons. The first kappa shape index (κ1) is 18.8. The van der Waals surface area contributed by atoms with Crippen LogP contribution >= 0.6 is 0 Å². The number of cyclic esters (lactones) is 1. The number of aromatic nitrogens is 1. The summed E-state index contributed by atoms with van der Waals surface area (Å²) in [6, 6.07) is 12.4. The number of aliphatic hydroxyl groups excluding tert-OH is 1. The molecule has 1 unspecified atom stereocenters. The second-order valence-electron chi connectivity index (χ2n) is 8.89. The Balaban J connectivity index is 1.21. The smallest absolute Gasteiger partial charge is 0.312 e. The Morgan fingerprint density at radius 2 is 1.83 bits per heavy atom. The summed E-state index contributed by atoms with van der Waals surface area (Å²) in [7, 11) is 0. The van der Waals surface area contributed by atoms with Gasteiger partial charge in [-0.15, -0.1) is 0 Å². The molecule has 6 heteroatoms. The second-order valence-corrected chi connectivity index (χ2v) is 8.89. The number of esters is 1. The third-order valence-electron chi connectivity index (χ3n) is 6.97. The number of piperidine rings is 2. The molecular weight excluding hydrogens is 366 g/mol. The van der Waals surface area contributed by atoms with Crippen molar-refractivity contribution in [2.75, 3.05) is 37.6 Å². The number of anilines is 1. The highest BCUT2D eigenvalue weighted by Crippen LogP contribution is 2.44. The number of likely N-dealkylation sites (tertiary alicyclic amines) is 1. The highest BCUT2D eigenvalue weighted by Gasteiger charge is 2.50. The minimum Gasteiger partial charge on any atom is -0.461 e. The van der Waals surface area contributed by atoms with Crippen LogP contribution in [0.1, 0.15) is 32.1 Å². The molecule has 3 aliphatic heterocycles. The third-order valence-corrected chi connectivity index (χ3v) is 6.97. The molecule has 3 aliphatic rings. The summed E-state index contributed by atoms with van der Waals surface area (Å²) < 4.78 is 5.81. The number of ether oxygens (including phenoxy) is 1. The fraction of sp³-hybridized carbons (Fsp3) is 0.565. The average Bonchev–Trinajstić information content (AvgIpc) is 3.04. The normalized spacial score (nSPS) is 25.6. The third kappa shape index (κ3) is 3.71. The zero-order chi connectivity index (χ0) is 19.8. The first-order chi connectivity index (χ1) is 14.1. The summed E-state index contributed by atoms with van der Waals surface area (Å²) in [6.45, 7) is 4.26. The lowest BCUT2D eigenvalue weighted by atomic mass is 9.76. The highest BCUT2D eigenvalue weighted by atomic mass is 16.6. The molecular formula is C23H29N3O3. The van der Waals surface area contributed by atoms with Crippen molar-refractivity contribution in [3.05, 3.63) is 36.4 Å². The van der Waals surface area contributed by atoms with Gasteiger partial charge in [-0.3, -0.25) is 9.69 Å². The summed E-state index contributed by atoms with van der Waals surface area (Å²) in [5, 5.41) is 10.8. The molecule has 5 rings (SSSR count). The number of carbonyl (C=O) groups is 1. The van der Waals surface area contributed by atoms with Crippen molar-refractivity contribution in [3.8, 4) is 0 Å². The fourth-order valence-electron chi connectivity index (χ4n) is 5.13. The number of fused-ring (bicyclic) bond motifs is 1. The van der Waals surface area contributed by atoms with Crippen molar-refractivity contribution in [1.82, 2.24) is 9.88 Å². The molecule has 4 heterocycles. The van der Waals surface area contributed by atoms with Gasteiger partial charge in [-0.2, -0.15) is 0 Å². The Labute approximate surface area is 171 Å². The molecule has 3 saturated heterocycles. The quantitative estimate of drug-likeness (QED) is 0.806. The van der Waals surface area contributed by atoms with Crippen LogP contribution in [0.2, 0.25) is 0 Å². The number of hydrogen-bond acceptors (Lipinski definition) is 6. The second kappa shape index (κ2) is 7.58. The van der Waals surface area contributed by atoms with E-state index in [2.05, 4.69) is 28.0 Å². The van der Waals surface area contributed by atoms with E-state index in [1.165, 1.54) is 0 Å². The molecule has 0 saturated carbocycles. The molecule has 0 aliphatic carbocycles. The van der Waals surface area contributed by atoms with Gasteiger partial charge in [-0.1, -0.05) is 18.2 Å². The van der Waals surface area contributed by atoms with E-state index in [1.54, 1.807) is 0 Å². The maximum atomic E-state index is 12.8. The van der Waals surface area contributed by atoms with E-state index < -0.39 is 0 Å². The van der Waals surface area contributed by atoms with Gasteiger partial charge in [0.05, 0.1) is 17.0 Å². The maximum Gasteiger partial charge on any atom is 0.312 e. The molecule has 0 bridgehead atoms. The van der Waals surface area contributed by atoms with Crippen LogP contribution in [-0.2, 0) is 9.53 Å². The number of para-hydroxylation sites is 1. The molecule has 1 aromatic heterocycles. The van der Waals surface area contributed by atoms with E-state index >= 15 is 0 Å². The maximum absolute atomic E-state index is 12.8. The number of benzene rings is 1.